The predicted octanol–water partition coefficient (Wildman–Crippen LogP) is 3.29. The minimum atomic E-state index is -3.69. The lowest BCUT2D eigenvalue weighted by molar-refractivity contribution is 0.195. The molecule has 1 aliphatic carbocycles. The van der Waals surface area contributed by atoms with Gasteiger partial charge in [-0.3, -0.25) is 0 Å². The molecule has 0 saturated carbocycles. The van der Waals surface area contributed by atoms with Crippen LogP contribution >= 0.6 is 0 Å². The van der Waals surface area contributed by atoms with Gasteiger partial charge in [0.2, 0.25) is 9.84 Å². The van der Waals surface area contributed by atoms with Crippen LogP contribution in [-0.4, -0.2) is 26.7 Å². The molecule has 4 nitrogen and oxygen atoms in total. The van der Waals surface area contributed by atoms with E-state index >= 15 is 0 Å². The molecule has 0 radical (unpaired) electrons. The molecule has 0 amide bonds. The third-order valence-electron chi connectivity index (χ3n) is 4.33. The first-order chi connectivity index (χ1) is 11.5. The van der Waals surface area contributed by atoms with E-state index in [1.54, 1.807) is 43.5 Å². The van der Waals surface area contributed by atoms with Crippen LogP contribution in [0, 0.1) is 0 Å². The van der Waals surface area contributed by atoms with Gasteiger partial charge < -0.3 is 9.84 Å². The number of methoxy groups -OCH3 is 1. The summed E-state index contributed by atoms with van der Waals surface area (Å²) < 4.78 is 30.9. The van der Waals surface area contributed by atoms with Gasteiger partial charge in [0.15, 0.2) is 0 Å². The molecule has 0 fully saturated rings. The van der Waals surface area contributed by atoms with E-state index in [-0.39, 0.29) is 15.7 Å². The molecule has 0 aromatic heterocycles. The Balaban J connectivity index is 2.01. The standard InChI is InChI=1S/C19H20O4S/c1-23-16-7-5-6-14(12-16)15-10-11-18(20)19(13-15)24(21,22)17-8-3-2-4-9-17/h2-9,12-13,15,18,20H,10-11H2,1H3/t15-,18+/m1/s1. The molecule has 2 aromatic carbocycles. The van der Waals surface area contributed by atoms with Gasteiger partial charge in [-0.05, 0) is 42.7 Å². The molecule has 0 aliphatic heterocycles. The van der Waals surface area contributed by atoms with Crippen molar-refractivity contribution in [3.05, 3.63) is 71.1 Å². The fraction of sp³-hybridized carbons (Fsp3) is 0.263. The van der Waals surface area contributed by atoms with Crippen LogP contribution in [0.5, 0.6) is 5.75 Å². The Kier molecular flexibility index (Phi) is 4.73. The highest BCUT2D eigenvalue weighted by Crippen LogP contribution is 2.36. The van der Waals surface area contributed by atoms with Crippen molar-refractivity contribution in [1.29, 1.82) is 0 Å². The fourth-order valence-corrected chi connectivity index (χ4v) is 4.62. The van der Waals surface area contributed by atoms with Gasteiger partial charge in [0.05, 0.1) is 23.0 Å². The molecular weight excluding hydrogens is 324 g/mol. The van der Waals surface area contributed by atoms with Crippen LogP contribution in [0.1, 0.15) is 24.3 Å². The second-order valence-corrected chi connectivity index (χ2v) is 7.81. The van der Waals surface area contributed by atoms with Crippen LogP contribution in [0.15, 0.2) is 70.5 Å². The zero-order chi connectivity index (χ0) is 17.2. The molecular formula is C19H20O4S. The van der Waals surface area contributed by atoms with Crippen molar-refractivity contribution < 1.29 is 18.3 Å². The van der Waals surface area contributed by atoms with E-state index in [1.165, 1.54) is 0 Å². The first kappa shape index (κ1) is 16.7. The topological polar surface area (TPSA) is 63.6 Å². The quantitative estimate of drug-likeness (QED) is 0.924. The fourth-order valence-electron chi connectivity index (χ4n) is 3.01. The Bertz CT molecular complexity index is 841. The lowest BCUT2D eigenvalue weighted by Gasteiger charge is -2.26. The van der Waals surface area contributed by atoms with Crippen LogP contribution in [0.2, 0.25) is 0 Å². The Hall–Kier alpha value is -2.11. The maximum atomic E-state index is 12.8. The third-order valence-corrected chi connectivity index (χ3v) is 6.25. The summed E-state index contributed by atoms with van der Waals surface area (Å²) >= 11 is 0. The highest BCUT2D eigenvalue weighted by molar-refractivity contribution is 7.95. The molecule has 0 bridgehead atoms. The molecule has 2 atom stereocenters. The van der Waals surface area contributed by atoms with Crippen LogP contribution in [-0.2, 0) is 9.84 Å². The van der Waals surface area contributed by atoms with Gasteiger partial charge in [-0.2, -0.15) is 0 Å². The van der Waals surface area contributed by atoms with Crippen molar-refractivity contribution in [3.63, 3.8) is 0 Å². The smallest absolute Gasteiger partial charge is 0.205 e. The van der Waals surface area contributed by atoms with E-state index < -0.39 is 15.9 Å². The first-order valence-corrected chi connectivity index (χ1v) is 9.34. The van der Waals surface area contributed by atoms with E-state index in [1.807, 2.05) is 24.3 Å². The van der Waals surface area contributed by atoms with E-state index in [9.17, 15) is 13.5 Å². The van der Waals surface area contributed by atoms with Gasteiger partial charge >= 0.3 is 0 Å². The number of allylic oxidation sites excluding steroid dienone is 1. The van der Waals surface area contributed by atoms with Gasteiger partial charge in [0, 0.05) is 5.92 Å². The number of benzene rings is 2. The average Bonchev–Trinajstić information content (AvgIpc) is 2.62. The van der Waals surface area contributed by atoms with Gasteiger partial charge in [0.1, 0.15) is 5.75 Å². The summed E-state index contributed by atoms with van der Waals surface area (Å²) in [5, 5.41) is 10.3. The van der Waals surface area contributed by atoms with Crippen molar-refractivity contribution in [2.45, 2.75) is 29.8 Å². The molecule has 2 aromatic rings. The molecule has 126 valence electrons. The molecule has 5 heteroatoms. The summed E-state index contributed by atoms with van der Waals surface area (Å²) in [4.78, 5) is 0.300. The van der Waals surface area contributed by atoms with Crippen LogP contribution in [0.4, 0.5) is 0 Å². The molecule has 1 aliphatic rings. The third kappa shape index (κ3) is 3.23. The Morgan fingerprint density at radius 3 is 2.50 bits per heavy atom. The summed E-state index contributed by atoms with van der Waals surface area (Å²) in [5.41, 5.74) is 0.988. The van der Waals surface area contributed by atoms with E-state index in [4.69, 9.17) is 4.74 Å². The second-order valence-electron chi connectivity index (χ2n) is 5.86. The largest absolute Gasteiger partial charge is 0.497 e. The summed E-state index contributed by atoms with van der Waals surface area (Å²) in [6.07, 6.45) is 1.84. The van der Waals surface area contributed by atoms with Gasteiger partial charge in [-0.25, -0.2) is 8.42 Å². The molecule has 24 heavy (non-hydrogen) atoms. The monoisotopic (exact) mass is 344 g/mol. The molecule has 0 saturated heterocycles. The molecule has 1 N–H and O–H groups in total. The van der Waals surface area contributed by atoms with Crippen LogP contribution in [0.25, 0.3) is 0 Å². The zero-order valence-corrected chi connectivity index (χ0v) is 14.2. The zero-order valence-electron chi connectivity index (χ0n) is 13.4. The Labute approximate surface area is 142 Å². The number of hydrogen-bond donors (Lipinski definition) is 1. The number of hydrogen-bond acceptors (Lipinski definition) is 4. The number of aliphatic hydroxyl groups excluding tert-OH is 1. The lowest BCUT2D eigenvalue weighted by Crippen LogP contribution is -2.24. The number of ether oxygens (including phenoxy) is 1. The van der Waals surface area contributed by atoms with Crippen molar-refractivity contribution >= 4 is 9.84 Å². The summed E-state index contributed by atoms with van der Waals surface area (Å²) in [6.45, 7) is 0. The lowest BCUT2D eigenvalue weighted by atomic mass is 9.88. The molecule has 0 unspecified atom stereocenters. The van der Waals surface area contributed by atoms with Gasteiger partial charge in [0.25, 0.3) is 0 Å². The van der Waals surface area contributed by atoms with E-state index in [2.05, 4.69) is 0 Å². The minimum Gasteiger partial charge on any atom is -0.497 e. The minimum absolute atomic E-state index is 0.0583. The number of rotatable bonds is 4. The first-order valence-electron chi connectivity index (χ1n) is 7.86. The Morgan fingerprint density at radius 1 is 1.04 bits per heavy atom. The highest BCUT2D eigenvalue weighted by Gasteiger charge is 2.31. The van der Waals surface area contributed by atoms with Crippen molar-refractivity contribution in [1.82, 2.24) is 0 Å². The Morgan fingerprint density at radius 2 is 1.79 bits per heavy atom. The van der Waals surface area contributed by atoms with E-state index in [0.717, 1.165) is 11.3 Å². The van der Waals surface area contributed by atoms with E-state index in [0.29, 0.717) is 12.8 Å². The second kappa shape index (κ2) is 6.79. The van der Waals surface area contributed by atoms with Gasteiger partial charge in [-0.15, -0.1) is 0 Å². The summed E-state index contributed by atoms with van der Waals surface area (Å²) in [5.74, 6) is 0.677. The van der Waals surface area contributed by atoms with Crippen LogP contribution in [0.3, 0.4) is 0 Å². The SMILES string of the molecule is COc1cccc([C@H]2C=C(S(=O)(=O)c3ccccc3)[C@@H](O)CC2)c1. The van der Waals surface area contributed by atoms with Crippen molar-refractivity contribution in [2.24, 2.45) is 0 Å². The maximum Gasteiger partial charge on any atom is 0.205 e. The number of aliphatic hydroxyl groups is 1. The normalized spacial score (nSPS) is 21.2. The summed E-state index contributed by atoms with van der Waals surface area (Å²) in [6, 6.07) is 15.8. The molecule has 3 rings (SSSR count). The summed E-state index contributed by atoms with van der Waals surface area (Å²) in [7, 11) is -2.09. The highest BCUT2D eigenvalue weighted by atomic mass is 32.2. The van der Waals surface area contributed by atoms with Crippen molar-refractivity contribution in [3.8, 4) is 5.75 Å². The van der Waals surface area contributed by atoms with Gasteiger partial charge in [-0.1, -0.05) is 36.4 Å². The molecule has 0 spiro atoms. The maximum absolute atomic E-state index is 12.8. The van der Waals surface area contributed by atoms with Crippen molar-refractivity contribution in [2.75, 3.05) is 7.11 Å². The molecule has 0 heterocycles. The number of sulfone groups is 1. The average molecular weight is 344 g/mol. The predicted molar refractivity (Wildman–Crippen MR) is 92.7 cm³/mol. The van der Waals surface area contributed by atoms with Crippen LogP contribution < -0.4 is 4.74 Å².